The summed E-state index contributed by atoms with van der Waals surface area (Å²) < 4.78 is 0. The van der Waals surface area contributed by atoms with E-state index in [9.17, 15) is 4.79 Å². The van der Waals surface area contributed by atoms with Crippen LogP contribution in [-0.2, 0) is 10.2 Å². The van der Waals surface area contributed by atoms with Crippen molar-refractivity contribution in [3.8, 4) is 0 Å². The van der Waals surface area contributed by atoms with Gasteiger partial charge in [-0.1, -0.05) is 41.9 Å². The number of hydrogen-bond donors (Lipinski definition) is 1. The number of nitrogens with two attached hydrogens (primary N) is 1. The van der Waals surface area contributed by atoms with E-state index in [0.29, 0.717) is 19.1 Å². The molecule has 0 atom stereocenters. The van der Waals surface area contributed by atoms with E-state index in [1.807, 2.05) is 30.3 Å². The van der Waals surface area contributed by atoms with Crippen molar-refractivity contribution in [3.63, 3.8) is 0 Å². The van der Waals surface area contributed by atoms with Crippen molar-refractivity contribution >= 4 is 23.2 Å². The molecule has 2 aliphatic rings. The maximum atomic E-state index is 12.9. The van der Waals surface area contributed by atoms with Crippen LogP contribution in [0.2, 0.25) is 5.02 Å². The lowest BCUT2D eigenvalue weighted by Gasteiger charge is -2.46. The van der Waals surface area contributed by atoms with E-state index in [0.717, 1.165) is 49.5 Å². The van der Waals surface area contributed by atoms with E-state index in [1.54, 1.807) is 0 Å². The van der Waals surface area contributed by atoms with Crippen molar-refractivity contribution in [2.75, 3.05) is 31.1 Å². The highest BCUT2D eigenvalue weighted by Crippen LogP contribution is 2.41. The molecule has 1 amide bonds. The molecular weight excluding hydrogens is 370 g/mol. The highest BCUT2D eigenvalue weighted by atomic mass is 35.5. The molecule has 2 aromatic carbocycles. The van der Waals surface area contributed by atoms with Crippen LogP contribution in [-0.4, -0.2) is 43.0 Å². The predicted octanol–water partition coefficient (Wildman–Crippen LogP) is 3.83. The van der Waals surface area contributed by atoms with Crippen LogP contribution in [0.1, 0.15) is 31.2 Å². The first-order valence-corrected chi connectivity index (χ1v) is 10.5. The number of para-hydroxylation sites is 1. The second-order valence-electron chi connectivity index (χ2n) is 8.07. The molecule has 4 rings (SSSR count). The summed E-state index contributed by atoms with van der Waals surface area (Å²) in [6.45, 7) is 2.78. The van der Waals surface area contributed by atoms with Crippen LogP contribution in [0, 0.1) is 0 Å². The van der Waals surface area contributed by atoms with Gasteiger partial charge in [-0.05, 0) is 55.5 Å². The highest BCUT2D eigenvalue weighted by Gasteiger charge is 2.39. The van der Waals surface area contributed by atoms with Crippen LogP contribution in [0.15, 0.2) is 54.6 Å². The predicted molar refractivity (Wildman–Crippen MR) is 115 cm³/mol. The third-order valence-corrected chi connectivity index (χ3v) is 6.79. The van der Waals surface area contributed by atoms with Gasteiger partial charge in [0.2, 0.25) is 5.91 Å². The third kappa shape index (κ3) is 3.76. The van der Waals surface area contributed by atoms with Gasteiger partial charge >= 0.3 is 0 Å². The van der Waals surface area contributed by atoms with E-state index in [2.05, 4.69) is 34.1 Å². The number of carbonyl (C=O) groups excluding carboxylic acids is 1. The van der Waals surface area contributed by atoms with Crippen LogP contribution >= 0.6 is 11.6 Å². The van der Waals surface area contributed by atoms with E-state index >= 15 is 0 Å². The maximum absolute atomic E-state index is 12.9. The molecule has 0 radical (unpaired) electrons. The molecule has 0 bridgehead atoms. The van der Waals surface area contributed by atoms with Gasteiger partial charge in [0.1, 0.15) is 0 Å². The topological polar surface area (TPSA) is 49.6 Å². The largest absolute Gasteiger partial charge is 0.360 e. The molecule has 4 nitrogen and oxygen atoms in total. The van der Waals surface area contributed by atoms with Crippen LogP contribution in [0.25, 0.3) is 0 Å². The summed E-state index contributed by atoms with van der Waals surface area (Å²) in [6, 6.07) is 18.6. The quantitative estimate of drug-likeness (QED) is 0.852. The lowest BCUT2D eigenvalue weighted by atomic mass is 9.68. The third-order valence-electron chi connectivity index (χ3n) is 6.56. The van der Waals surface area contributed by atoms with Crippen LogP contribution in [0.5, 0.6) is 0 Å². The number of amides is 1. The summed E-state index contributed by atoms with van der Waals surface area (Å²) in [6.07, 6.45) is 4.00. The Balaban J connectivity index is 1.41. The van der Waals surface area contributed by atoms with Crippen LogP contribution in [0.4, 0.5) is 5.69 Å². The standard InChI is InChI=1S/C23H28ClN3O/c24-19-6-4-5-18(15-19)23(17-25)11-9-21(10-12-23)27-14-13-26(16-22(27)28)20-7-2-1-3-8-20/h1-8,15,21H,9-14,16-17,25H2. The molecule has 2 fully saturated rings. The first-order valence-electron chi connectivity index (χ1n) is 10.2. The summed E-state index contributed by atoms with van der Waals surface area (Å²) in [5.41, 5.74) is 8.57. The average Bonchev–Trinajstić information content (AvgIpc) is 2.74. The van der Waals surface area contributed by atoms with Gasteiger partial charge in [-0.3, -0.25) is 4.79 Å². The van der Waals surface area contributed by atoms with Crippen molar-refractivity contribution in [2.45, 2.75) is 37.1 Å². The van der Waals surface area contributed by atoms with Crippen molar-refractivity contribution in [1.29, 1.82) is 0 Å². The molecule has 148 valence electrons. The zero-order chi connectivity index (χ0) is 19.6. The molecule has 1 aliphatic carbocycles. The minimum absolute atomic E-state index is 0.0176. The number of rotatable bonds is 4. The van der Waals surface area contributed by atoms with Gasteiger partial charge in [-0.2, -0.15) is 0 Å². The number of hydrogen-bond acceptors (Lipinski definition) is 3. The molecule has 0 unspecified atom stereocenters. The van der Waals surface area contributed by atoms with E-state index < -0.39 is 0 Å². The molecule has 2 N–H and O–H groups in total. The Labute approximate surface area is 172 Å². The Hall–Kier alpha value is -2.04. The first kappa shape index (κ1) is 19.3. The molecule has 1 aliphatic heterocycles. The Morgan fingerprint density at radius 2 is 1.79 bits per heavy atom. The zero-order valence-corrected chi connectivity index (χ0v) is 16.9. The smallest absolute Gasteiger partial charge is 0.242 e. The number of carbonyl (C=O) groups is 1. The molecule has 1 heterocycles. The number of halogens is 1. The number of anilines is 1. The second kappa shape index (κ2) is 8.14. The van der Waals surface area contributed by atoms with Gasteiger partial charge in [0.05, 0.1) is 6.54 Å². The van der Waals surface area contributed by atoms with Gasteiger partial charge in [0.15, 0.2) is 0 Å². The number of benzene rings is 2. The molecular formula is C23H28ClN3O. The normalized spacial score (nSPS) is 25.8. The molecule has 1 saturated carbocycles. The minimum Gasteiger partial charge on any atom is -0.360 e. The maximum Gasteiger partial charge on any atom is 0.242 e. The van der Waals surface area contributed by atoms with Crippen molar-refractivity contribution in [1.82, 2.24) is 4.90 Å². The Bertz CT molecular complexity index is 818. The van der Waals surface area contributed by atoms with Gasteiger partial charge < -0.3 is 15.5 Å². The SMILES string of the molecule is NCC1(c2cccc(Cl)c2)CCC(N2CCN(c3ccccc3)CC2=O)CC1. The average molecular weight is 398 g/mol. The monoisotopic (exact) mass is 397 g/mol. The summed E-state index contributed by atoms with van der Waals surface area (Å²) in [7, 11) is 0. The Morgan fingerprint density at radius 3 is 2.43 bits per heavy atom. The highest BCUT2D eigenvalue weighted by molar-refractivity contribution is 6.30. The summed E-state index contributed by atoms with van der Waals surface area (Å²) in [4.78, 5) is 17.2. The fourth-order valence-corrected chi connectivity index (χ4v) is 5.02. The number of nitrogens with zero attached hydrogens (tertiary/aromatic N) is 2. The van der Waals surface area contributed by atoms with Gasteiger partial charge in [0, 0.05) is 41.8 Å². The summed E-state index contributed by atoms with van der Waals surface area (Å²) in [5.74, 6) is 0.239. The minimum atomic E-state index is -0.0176. The van der Waals surface area contributed by atoms with Crippen LogP contribution < -0.4 is 10.6 Å². The zero-order valence-electron chi connectivity index (χ0n) is 16.2. The Morgan fingerprint density at radius 1 is 1.04 bits per heavy atom. The van der Waals surface area contributed by atoms with E-state index in [4.69, 9.17) is 17.3 Å². The summed E-state index contributed by atoms with van der Waals surface area (Å²) >= 11 is 6.22. The molecule has 0 spiro atoms. The van der Waals surface area contributed by atoms with E-state index in [1.165, 1.54) is 5.56 Å². The summed E-state index contributed by atoms with van der Waals surface area (Å²) in [5, 5.41) is 0.764. The lowest BCUT2D eigenvalue weighted by Crippen LogP contribution is -2.56. The van der Waals surface area contributed by atoms with Gasteiger partial charge in [-0.15, -0.1) is 0 Å². The molecule has 0 aromatic heterocycles. The van der Waals surface area contributed by atoms with Gasteiger partial charge in [0.25, 0.3) is 0 Å². The Kier molecular flexibility index (Phi) is 5.61. The van der Waals surface area contributed by atoms with Crippen molar-refractivity contribution < 1.29 is 4.79 Å². The fourth-order valence-electron chi connectivity index (χ4n) is 4.83. The van der Waals surface area contributed by atoms with Crippen molar-refractivity contribution in [2.24, 2.45) is 5.73 Å². The fraction of sp³-hybridized carbons (Fsp3) is 0.435. The molecule has 1 saturated heterocycles. The molecule has 5 heteroatoms. The lowest BCUT2D eigenvalue weighted by molar-refractivity contribution is -0.134. The number of piperazine rings is 1. The first-order chi connectivity index (χ1) is 13.6. The van der Waals surface area contributed by atoms with Crippen LogP contribution in [0.3, 0.4) is 0 Å². The van der Waals surface area contributed by atoms with Gasteiger partial charge in [-0.25, -0.2) is 0 Å². The molecule has 2 aromatic rings. The molecule has 28 heavy (non-hydrogen) atoms. The van der Waals surface area contributed by atoms with E-state index in [-0.39, 0.29) is 11.3 Å². The van der Waals surface area contributed by atoms with Crippen molar-refractivity contribution in [3.05, 3.63) is 65.2 Å². The second-order valence-corrected chi connectivity index (χ2v) is 8.51.